The fraction of sp³-hybridized carbons (Fsp3) is 0.944. The molecule has 2 aliphatic heterocycles. The predicted octanol–water partition coefficient (Wildman–Crippen LogP) is 0.395. The molecule has 1 aliphatic carbocycles. The minimum absolute atomic E-state index is 0.00420. The van der Waals surface area contributed by atoms with Gasteiger partial charge in [-0.2, -0.15) is 0 Å². The molecule has 6 nitrogen and oxygen atoms in total. The Morgan fingerprint density at radius 1 is 1.29 bits per heavy atom. The zero-order valence-corrected chi connectivity index (χ0v) is 15.2. The lowest BCUT2D eigenvalue weighted by Crippen LogP contribution is -2.63. The van der Waals surface area contributed by atoms with Crippen LogP contribution in [0, 0.1) is 17.8 Å². The molecule has 0 bridgehead atoms. The maximum Gasteiger partial charge on any atom is 0.247 e. The second kappa shape index (κ2) is 8.61. The van der Waals surface area contributed by atoms with E-state index in [1.54, 1.807) is 0 Å². The third-order valence-corrected chi connectivity index (χ3v) is 6.06. The van der Waals surface area contributed by atoms with Crippen LogP contribution in [0.2, 0.25) is 0 Å². The van der Waals surface area contributed by atoms with Crippen molar-refractivity contribution in [2.45, 2.75) is 44.4 Å². The Morgan fingerprint density at radius 2 is 2.17 bits per heavy atom. The van der Waals surface area contributed by atoms with E-state index >= 15 is 0 Å². The molecule has 2 heterocycles. The van der Waals surface area contributed by atoms with Gasteiger partial charge >= 0.3 is 0 Å². The number of rotatable bonds is 6. The maximum absolute atomic E-state index is 11.4. The van der Waals surface area contributed by atoms with Crippen molar-refractivity contribution in [2.75, 3.05) is 46.9 Å². The second-order valence-corrected chi connectivity index (χ2v) is 7.96. The van der Waals surface area contributed by atoms with E-state index in [9.17, 15) is 4.79 Å². The van der Waals surface area contributed by atoms with Gasteiger partial charge in [0.05, 0.1) is 6.10 Å². The fourth-order valence-electron chi connectivity index (χ4n) is 4.75. The zero-order valence-electron chi connectivity index (χ0n) is 15.2. The van der Waals surface area contributed by atoms with E-state index in [1.807, 2.05) is 7.05 Å². The van der Waals surface area contributed by atoms with E-state index in [1.165, 1.54) is 32.2 Å². The van der Waals surface area contributed by atoms with Crippen molar-refractivity contribution >= 4 is 5.91 Å². The number of nitrogens with one attached hydrogen (secondary N) is 3. The number of morpholine rings is 1. The molecular weight excluding hydrogens is 304 g/mol. The highest BCUT2D eigenvalue weighted by molar-refractivity contribution is 5.78. The summed E-state index contributed by atoms with van der Waals surface area (Å²) in [6.45, 7) is 4.64. The van der Waals surface area contributed by atoms with Crippen molar-refractivity contribution in [3.8, 4) is 0 Å². The van der Waals surface area contributed by atoms with E-state index in [0.29, 0.717) is 5.92 Å². The molecule has 0 aromatic heterocycles. The molecule has 0 aromatic rings. The molecule has 0 spiro atoms. The number of amides is 1. The first-order chi connectivity index (χ1) is 11.7. The number of nitrogens with zero attached hydrogens (tertiary/aromatic N) is 1. The summed E-state index contributed by atoms with van der Waals surface area (Å²) in [6, 6.07) is 0. The Bertz CT molecular complexity index is 420. The Balaban J connectivity index is 1.47. The van der Waals surface area contributed by atoms with E-state index in [4.69, 9.17) is 4.74 Å². The maximum atomic E-state index is 11.4. The summed E-state index contributed by atoms with van der Waals surface area (Å²) >= 11 is 0. The van der Waals surface area contributed by atoms with Crippen LogP contribution in [0.4, 0.5) is 0 Å². The van der Waals surface area contributed by atoms with E-state index < -0.39 is 0 Å². The molecule has 3 N–H and O–H groups in total. The summed E-state index contributed by atoms with van der Waals surface area (Å²) < 4.78 is 5.76. The first-order valence-corrected chi connectivity index (χ1v) is 9.63. The van der Waals surface area contributed by atoms with Gasteiger partial charge in [-0.25, -0.2) is 0 Å². The lowest BCUT2D eigenvalue weighted by Gasteiger charge is -2.44. The van der Waals surface area contributed by atoms with E-state index in [0.717, 1.165) is 37.9 Å². The summed E-state index contributed by atoms with van der Waals surface area (Å²) in [5, 5.41) is 9.75. The molecule has 5 unspecified atom stereocenters. The monoisotopic (exact) mass is 338 g/mol. The van der Waals surface area contributed by atoms with Gasteiger partial charge in [0.1, 0.15) is 12.8 Å². The Morgan fingerprint density at radius 3 is 3.00 bits per heavy atom. The van der Waals surface area contributed by atoms with Gasteiger partial charge in [-0.1, -0.05) is 12.8 Å². The first-order valence-electron chi connectivity index (χ1n) is 9.63. The van der Waals surface area contributed by atoms with Gasteiger partial charge in [0.15, 0.2) is 0 Å². The van der Waals surface area contributed by atoms with Crippen LogP contribution in [0.25, 0.3) is 0 Å². The molecule has 2 saturated heterocycles. The SMILES string of the molecule is CNCCN(C)CC1CCCC(C2CNC3NC(=O)COC3C2)C1. The van der Waals surface area contributed by atoms with Crippen LogP contribution in [0.15, 0.2) is 0 Å². The molecule has 24 heavy (non-hydrogen) atoms. The third-order valence-electron chi connectivity index (χ3n) is 6.06. The fourth-order valence-corrected chi connectivity index (χ4v) is 4.75. The first kappa shape index (κ1) is 18.1. The van der Waals surface area contributed by atoms with Crippen LogP contribution in [0.3, 0.4) is 0 Å². The van der Waals surface area contributed by atoms with Crippen molar-refractivity contribution in [2.24, 2.45) is 17.8 Å². The van der Waals surface area contributed by atoms with Crippen molar-refractivity contribution in [3.05, 3.63) is 0 Å². The Kier molecular flexibility index (Phi) is 6.49. The zero-order chi connectivity index (χ0) is 16.9. The van der Waals surface area contributed by atoms with Crippen LogP contribution in [0.5, 0.6) is 0 Å². The van der Waals surface area contributed by atoms with Gasteiger partial charge in [0.2, 0.25) is 5.91 Å². The van der Waals surface area contributed by atoms with Gasteiger partial charge in [-0.05, 0) is 51.1 Å². The van der Waals surface area contributed by atoms with Gasteiger partial charge in [-0.3, -0.25) is 10.1 Å². The van der Waals surface area contributed by atoms with E-state index in [-0.39, 0.29) is 24.8 Å². The summed E-state index contributed by atoms with van der Waals surface area (Å²) in [5.74, 6) is 2.32. The Labute approximate surface area is 146 Å². The smallest absolute Gasteiger partial charge is 0.247 e. The topological polar surface area (TPSA) is 65.6 Å². The standard InChI is InChI=1S/C18H34N4O2/c1-19-6-7-22(2)11-13-4-3-5-14(8-13)15-9-16-18(20-10-15)21-17(23)12-24-16/h13-16,18-20H,3-12H2,1-2H3,(H,21,23). The molecule has 5 atom stereocenters. The molecular formula is C18H34N4O2. The van der Waals surface area contributed by atoms with Crippen LogP contribution < -0.4 is 16.0 Å². The van der Waals surface area contributed by atoms with Gasteiger partial charge in [0.25, 0.3) is 0 Å². The lowest BCUT2D eigenvalue weighted by molar-refractivity contribution is -0.141. The molecule has 3 rings (SSSR count). The van der Waals surface area contributed by atoms with Crippen molar-refractivity contribution in [1.82, 2.24) is 20.9 Å². The summed E-state index contributed by atoms with van der Waals surface area (Å²) in [4.78, 5) is 13.9. The highest BCUT2D eigenvalue weighted by Gasteiger charge is 2.39. The van der Waals surface area contributed by atoms with Crippen LogP contribution in [0.1, 0.15) is 32.1 Å². The summed E-state index contributed by atoms with van der Waals surface area (Å²) in [5.41, 5.74) is 0. The summed E-state index contributed by atoms with van der Waals surface area (Å²) in [7, 11) is 4.26. The van der Waals surface area contributed by atoms with Crippen molar-refractivity contribution in [1.29, 1.82) is 0 Å². The van der Waals surface area contributed by atoms with E-state index in [2.05, 4.69) is 27.9 Å². The summed E-state index contributed by atoms with van der Waals surface area (Å²) in [6.07, 6.45) is 6.70. The minimum Gasteiger partial charge on any atom is -0.365 e. The highest BCUT2D eigenvalue weighted by atomic mass is 16.5. The number of piperidine rings is 1. The molecule has 1 amide bonds. The number of likely N-dealkylation sites (N-methyl/N-ethyl adjacent to an activating group) is 2. The minimum atomic E-state index is 0.00420. The normalized spacial score (nSPS) is 37.1. The van der Waals surface area contributed by atoms with Crippen molar-refractivity contribution < 1.29 is 9.53 Å². The van der Waals surface area contributed by atoms with Gasteiger partial charge < -0.3 is 20.3 Å². The predicted molar refractivity (Wildman–Crippen MR) is 94.7 cm³/mol. The number of hydrogen-bond acceptors (Lipinski definition) is 5. The van der Waals surface area contributed by atoms with Gasteiger partial charge in [-0.15, -0.1) is 0 Å². The van der Waals surface area contributed by atoms with Crippen LogP contribution in [-0.4, -0.2) is 70.0 Å². The Hall–Kier alpha value is -0.690. The highest BCUT2D eigenvalue weighted by Crippen LogP contribution is 2.37. The number of carbonyl (C=O) groups is 1. The van der Waals surface area contributed by atoms with Crippen LogP contribution >= 0.6 is 0 Å². The number of ether oxygens (including phenoxy) is 1. The third kappa shape index (κ3) is 4.69. The molecule has 1 saturated carbocycles. The largest absolute Gasteiger partial charge is 0.365 e. The van der Waals surface area contributed by atoms with Crippen LogP contribution in [-0.2, 0) is 9.53 Å². The molecule has 138 valence electrons. The molecule has 6 heteroatoms. The number of fused-ring (bicyclic) bond motifs is 1. The average molecular weight is 338 g/mol. The average Bonchev–Trinajstić information content (AvgIpc) is 2.59. The van der Waals surface area contributed by atoms with Crippen molar-refractivity contribution in [3.63, 3.8) is 0 Å². The molecule has 3 aliphatic rings. The molecule has 0 aromatic carbocycles. The number of hydrogen-bond donors (Lipinski definition) is 3. The lowest BCUT2D eigenvalue weighted by atomic mass is 9.72. The molecule has 3 fully saturated rings. The van der Waals surface area contributed by atoms with Gasteiger partial charge in [0, 0.05) is 26.2 Å². The quantitative estimate of drug-likeness (QED) is 0.654. The molecule has 0 radical (unpaired) electrons. The second-order valence-electron chi connectivity index (χ2n) is 7.96. The number of carbonyl (C=O) groups excluding carboxylic acids is 1.